The van der Waals surface area contributed by atoms with Gasteiger partial charge in [-0.1, -0.05) is 49.4 Å². The molecule has 1 aliphatic heterocycles. The van der Waals surface area contributed by atoms with E-state index in [1.165, 1.54) is 6.07 Å². The zero-order chi connectivity index (χ0) is 25.9. The molecule has 0 saturated carbocycles. The molecule has 0 aromatic heterocycles. The van der Waals surface area contributed by atoms with E-state index in [1.807, 2.05) is 32.0 Å². The van der Waals surface area contributed by atoms with E-state index in [-0.39, 0.29) is 28.9 Å². The van der Waals surface area contributed by atoms with Gasteiger partial charge in [0.15, 0.2) is 0 Å². The molecule has 8 nitrogen and oxygen atoms in total. The monoisotopic (exact) mass is 509 g/mol. The largest absolute Gasteiger partial charge is 0.450 e. The fraction of sp³-hybridized carbons (Fsp3) is 0.333. The van der Waals surface area contributed by atoms with Gasteiger partial charge in [-0.15, -0.1) is 0 Å². The molecule has 2 amide bonds. The number of hydrogen-bond acceptors (Lipinski definition) is 5. The number of nitrogens with zero attached hydrogens (tertiary/aromatic N) is 1. The van der Waals surface area contributed by atoms with E-state index < -0.39 is 10.0 Å². The van der Waals surface area contributed by atoms with Crippen LogP contribution in [0.25, 0.3) is 10.8 Å². The van der Waals surface area contributed by atoms with E-state index >= 15 is 0 Å². The van der Waals surface area contributed by atoms with E-state index in [9.17, 15) is 18.0 Å². The summed E-state index contributed by atoms with van der Waals surface area (Å²) in [5.74, 6) is -0.342. The summed E-state index contributed by atoms with van der Waals surface area (Å²) in [6, 6.07) is 17.2. The highest BCUT2D eigenvalue weighted by Crippen LogP contribution is 2.31. The van der Waals surface area contributed by atoms with Crippen molar-refractivity contribution in [3.05, 3.63) is 71.8 Å². The molecular weight excluding hydrogens is 478 g/mol. The number of amides is 2. The van der Waals surface area contributed by atoms with Crippen molar-refractivity contribution in [3.8, 4) is 0 Å². The number of carbonyl (C=O) groups is 2. The number of fused-ring (bicyclic) bond motifs is 1. The van der Waals surface area contributed by atoms with Crippen LogP contribution in [0.5, 0.6) is 0 Å². The quantitative estimate of drug-likeness (QED) is 0.507. The Morgan fingerprint density at radius 2 is 1.72 bits per heavy atom. The third-order valence-electron chi connectivity index (χ3n) is 6.55. The van der Waals surface area contributed by atoms with Gasteiger partial charge in [-0.25, -0.2) is 17.9 Å². The number of likely N-dealkylation sites (tertiary alicyclic amines) is 1. The molecule has 1 aliphatic rings. The molecule has 0 bridgehead atoms. The van der Waals surface area contributed by atoms with Gasteiger partial charge in [-0.3, -0.25) is 4.79 Å². The molecule has 2 N–H and O–H groups in total. The summed E-state index contributed by atoms with van der Waals surface area (Å²) in [5, 5.41) is 4.08. The lowest BCUT2D eigenvalue weighted by Gasteiger charge is -2.36. The Morgan fingerprint density at radius 3 is 2.42 bits per heavy atom. The summed E-state index contributed by atoms with van der Waals surface area (Å²) in [7, 11) is -3.87. The Balaban J connectivity index is 1.57. The molecule has 3 aromatic carbocycles. The Hall–Kier alpha value is -3.43. The van der Waals surface area contributed by atoms with Gasteiger partial charge < -0.3 is 15.0 Å². The molecule has 2 atom stereocenters. The molecule has 0 unspecified atom stereocenters. The third kappa shape index (κ3) is 5.37. The first kappa shape index (κ1) is 25.7. The van der Waals surface area contributed by atoms with Gasteiger partial charge in [0.05, 0.1) is 11.5 Å². The second-order valence-corrected chi connectivity index (χ2v) is 10.7. The predicted octanol–water partition coefficient (Wildman–Crippen LogP) is 4.55. The SMILES string of the molecule is CCOC(=O)N1CC[C@@H](NS(=O)(=O)c2ccc(NC(=O)c3ccccc3C)c3ccccc23)[C@H](C)C1. The summed E-state index contributed by atoms with van der Waals surface area (Å²) in [6.45, 7) is 6.67. The molecule has 36 heavy (non-hydrogen) atoms. The number of rotatable bonds is 6. The van der Waals surface area contributed by atoms with Gasteiger partial charge in [-0.2, -0.15) is 0 Å². The second kappa shape index (κ2) is 10.7. The minimum atomic E-state index is -3.87. The zero-order valence-electron chi connectivity index (χ0n) is 20.7. The first-order chi connectivity index (χ1) is 17.2. The van der Waals surface area contributed by atoms with Crippen LogP contribution in [0.4, 0.5) is 10.5 Å². The molecule has 0 aliphatic carbocycles. The molecule has 1 fully saturated rings. The summed E-state index contributed by atoms with van der Waals surface area (Å²) < 4.78 is 34.9. The normalized spacial score (nSPS) is 18.1. The van der Waals surface area contributed by atoms with Crippen LogP contribution in [-0.4, -0.2) is 51.1 Å². The van der Waals surface area contributed by atoms with Crippen molar-refractivity contribution in [2.45, 2.75) is 38.1 Å². The highest BCUT2D eigenvalue weighted by Gasteiger charge is 2.33. The first-order valence-electron chi connectivity index (χ1n) is 12.0. The van der Waals surface area contributed by atoms with Crippen molar-refractivity contribution < 1.29 is 22.7 Å². The molecule has 1 saturated heterocycles. The molecule has 0 spiro atoms. The maximum absolute atomic E-state index is 13.5. The van der Waals surface area contributed by atoms with Crippen LogP contribution in [0.1, 0.15) is 36.2 Å². The van der Waals surface area contributed by atoms with Crippen LogP contribution in [0.3, 0.4) is 0 Å². The van der Waals surface area contributed by atoms with Crippen LogP contribution in [0.15, 0.2) is 65.6 Å². The average molecular weight is 510 g/mol. The van der Waals surface area contributed by atoms with Crippen molar-refractivity contribution in [3.63, 3.8) is 0 Å². The van der Waals surface area contributed by atoms with Gasteiger partial charge in [0.25, 0.3) is 5.91 Å². The van der Waals surface area contributed by atoms with Crippen LogP contribution < -0.4 is 10.0 Å². The maximum atomic E-state index is 13.5. The molecule has 0 radical (unpaired) electrons. The summed E-state index contributed by atoms with van der Waals surface area (Å²) in [6.07, 6.45) is 0.113. The van der Waals surface area contributed by atoms with Gasteiger partial charge in [0.1, 0.15) is 0 Å². The summed E-state index contributed by atoms with van der Waals surface area (Å²) in [4.78, 5) is 26.7. The fourth-order valence-corrected chi connectivity index (χ4v) is 6.19. The van der Waals surface area contributed by atoms with E-state index in [1.54, 1.807) is 48.2 Å². The van der Waals surface area contributed by atoms with Crippen LogP contribution in [0, 0.1) is 12.8 Å². The van der Waals surface area contributed by atoms with E-state index in [4.69, 9.17) is 4.74 Å². The summed E-state index contributed by atoms with van der Waals surface area (Å²) >= 11 is 0. The molecule has 3 aromatic rings. The number of hydrogen-bond donors (Lipinski definition) is 2. The third-order valence-corrected chi connectivity index (χ3v) is 8.10. The van der Waals surface area contributed by atoms with Crippen molar-refractivity contribution in [2.24, 2.45) is 5.92 Å². The van der Waals surface area contributed by atoms with E-state index in [0.29, 0.717) is 48.1 Å². The second-order valence-electron chi connectivity index (χ2n) is 9.06. The average Bonchev–Trinajstić information content (AvgIpc) is 2.85. The number of carbonyl (C=O) groups excluding carboxylic acids is 2. The van der Waals surface area contributed by atoms with Crippen molar-refractivity contribution in [1.29, 1.82) is 0 Å². The number of sulfonamides is 1. The highest BCUT2D eigenvalue weighted by atomic mass is 32.2. The molecule has 1 heterocycles. The Bertz CT molecular complexity index is 1390. The van der Waals surface area contributed by atoms with Crippen LogP contribution in [-0.2, 0) is 14.8 Å². The van der Waals surface area contributed by atoms with E-state index in [0.717, 1.165) is 5.56 Å². The number of nitrogens with one attached hydrogen (secondary N) is 2. The summed E-state index contributed by atoms with van der Waals surface area (Å²) in [5.41, 5.74) is 1.95. The molecule has 190 valence electrons. The minimum absolute atomic E-state index is 0.0862. The molecule has 9 heteroatoms. The number of benzene rings is 3. The van der Waals surface area contributed by atoms with Gasteiger partial charge in [-0.05, 0) is 49.9 Å². The Labute approximate surface area is 211 Å². The minimum Gasteiger partial charge on any atom is -0.450 e. The standard InChI is InChI=1S/C27H31N3O5S/c1-4-35-27(32)30-16-15-23(19(3)17-30)29-36(33,34)25-14-13-24(21-11-7-8-12-22(21)25)28-26(31)20-10-6-5-9-18(20)2/h5-14,19,23,29H,4,15-17H2,1-3H3,(H,28,31)/t19-,23-/m1/s1. The smallest absolute Gasteiger partial charge is 0.409 e. The van der Waals surface area contributed by atoms with Crippen molar-refractivity contribution in [1.82, 2.24) is 9.62 Å². The van der Waals surface area contributed by atoms with Gasteiger partial charge in [0.2, 0.25) is 10.0 Å². The predicted molar refractivity (Wildman–Crippen MR) is 140 cm³/mol. The van der Waals surface area contributed by atoms with Crippen LogP contribution >= 0.6 is 0 Å². The number of anilines is 1. The topological polar surface area (TPSA) is 105 Å². The Kier molecular flexibility index (Phi) is 7.61. The lowest BCUT2D eigenvalue weighted by atomic mass is 9.95. The maximum Gasteiger partial charge on any atom is 0.409 e. The lowest BCUT2D eigenvalue weighted by molar-refractivity contribution is 0.0846. The zero-order valence-corrected chi connectivity index (χ0v) is 21.5. The fourth-order valence-electron chi connectivity index (χ4n) is 4.60. The number of ether oxygens (including phenoxy) is 1. The van der Waals surface area contributed by atoms with Crippen molar-refractivity contribution >= 4 is 38.5 Å². The number of aryl methyl sites for hydroxylation is 1. The van der Waals surface area contributed by atoms with Crippen molar-refractivity contribution in [2.75, 3.05) is 25.0 Å². The first-order valence-corrected chi connectivity index (χ1v) is 13.5. The van der Waals surface area contributed by atoms with Gasteiger partial charge in [0, 0.05) is 41.2 Å². The lowest BCUT2D eigenvalue weighted by Crippen LogP contribution is -2.51. The molecule has 4 rings (SSSR count). The van der Waals surface area contributed by atoms with E-state index in [2.05, 4.69) is 10.0 Å². The molecular formula is C27H31N3O5S. The Morgan fingerprint density at radius 1 is 1.03 bits per heavy atom. The van der Waals surface area contributed by atoms with Crippen LogP contribution in [0.2, 0.25) is 0 Å². The highest BCUT2D eigenvalue weighted by molar-refractivity contribution is 7.89. The van der Waals surface area contributed by atoms with Gasteiger partial charge >= 0.3 is 6.09 Å². The number of piperidine rings is 1.